The molecule has 0 radical (unpaired) electrons. The Hall–Kier alpha value is -1.95. The van der Waals surface area contributed by atoms with Crippen molar-refractivity contribution in [1.82, 2.24) is 14.5 Å². The van der Waals surface area contributed by atoms with Crippen LogP contribution in [0.5, 0.6) is 0 Å². The molecule has 0 aliphatic heterocycles. The summed E-state index contributed by atoms with van der Waals surface area (Å²) in [4.78, 5) is 10.0. The van der Waals surface area contributed by atoms with Crippen molar-refractivity contribution in [1.29, 1.82) is 0 Å². The van der Waals surface area contributed by atoms with Crippen LogP contribution in [0.1, 0.15) is 19.4 Å². The molecule has 0 saturated carbocycles. The molecule has 3 rings (SSSR count). The van der Waals surface area contributed by atoms with Crippen LogP contribution in [-0.2, 0) is 13.0 Å². The number of aromatic nitrogens is 3. The number of alkyl halides is 2. The highest BCUT2D eigenvalue weighted by Crippen LogP contribution is 2.33. The fourth-order valence-corrected chi connectivity index (χ4v) is 3.28. The summed E-state index contributed by atoms with van der Waals surface area (Å²) in [5, 5.41) is 0. The maximum atomic E-state index is 13.5. The molecule has 0 amide bonds. The lowest BCUT2D eigenvalue weighted by atomic mass is 10.1. The lowest BCUT2D eigenvalue weighted by Crippen LogP contribution is -2.06. The zero-order valence-corrected chi connectivity index (χ0v) is 14.0. The number of hydrogen-bond donors (Lipinski definition) is 0. The zero-order valence-electron chi connectivity index (χ0n) is 13.2. The van der Waals surface area contributed by atoms with Gasteiger partial charge in [0.05, 0.1) is 11.0 Å². The minimum absolute atomic E-state index is 0.0289. The van der Waals surface area contributed by atoms with Gasteiger partial charge < -0.3 is 4.57 Å². The van der Waals surface area contributed by atoms with Gasteiger partial charge in [0, 0.05) is 30.6 Å². The van der Waals surface area contributed by atoms with Crippen LogP contribution in [0.2, 0.25) is 0 Å². The fourth-order valence-electron chi connectivity index (χ4n) is 2.52. The minimum atomic E-state index is -2.87. The quantitative estimate of drug-likeness (QED) is 0.639. The molecule has 120 valence electrons. The van der Waals surface area contributed by atoms with Gasteiger partial charge in [0.15, 0.2) is 5.82 Å². The molecule has 0 N–H and O–H groups in total. The Morgan fingerprint density at radius 1 is 1.26 bits per heavy atom. The van der Waals surface area contributed by atoms with E-state index < -0.39 is 5.92 Å². The van der Waals surface area contributed by atoms with Crippen molar-refractivity contribution in [2.75, 3.05) is 5.75 Å². The number of hydrogen-bond acceptors (Lipinski definition) is 3. The number of thioether (sulfide) groups is 1. The maximum absolute atomic E-state index is 13.5. The van der Waals surface area contributed by atoms with Gasteiger partial charge in [0.1, 0.15) is 5.69 Å². The van der Waals surface area contributed by atoms with E-state index in [1.165, 1.54) is 12.1 Å². The van der Waals surface area contributed by atoms with Gasteiger partial charge in [0.2, 0.25) is 0 Å². The molecule has 3 nitrogen and oxygen atoms in total. The molecule has 3 aromatic rings. The molecule has 0 saturated heterocycles. The maximum Gasteiger partial charge on any atom is 0.270 e. The summed E-state index contributed by atoms with van der Waals surface area (Å²) < 4.78 is 29.0. The molecule has 0 aliphatic rings. The molecule has 0 spiro atoms. The summed E-state index contributed by atoms with van der Waals surface area (Å²) in [6, 6.07) is 8.48. The molecule has 0 bridgehead atoms. The predicted octanol–water partition coefficient (Wildman–Crippen LogP) is 4.86. The van der Waals surface area contributed by atoms with Crippen molar-refractivity contribution < 1.29 is 8.78 Å². The van der Waals surface area contributed by atoms with Gasteiger partial charge in [-0.2, -0.15) is 0 Å². The van der Waals surface area contributed by atoms with Crippen LogP contribution in [0, 0.1) is 0 Å². The van der Waals surface area contributed by atoms with Crippen molar-refractivity contribution in [2.24, 2.45) is 7.05 Å². The van der Waals surface area contributed by atoms with Crippen molar-refractivity contribution in [3.63, 3.8) is 0 Å². The van der Waals surface area contributed by atoms with E-state index in [1.54, 1.807) is 24.0 Å². The standard InChI is InChI=1S/C17H17F2N3S/c1-4-23-14-6-5-9-20-15(14)16-21-12-10-11(17(2,18)19)7-8-13(12)22(16)3/h5-10H,4H2,1-3H3. The second kappa shape index (κ2) is 5.92. The summed E-state index contributed by atoms with van der Waals surface area (Å²) in [5.41, 5.74) is 2.12. The Kier molecular flexibility index (Phi) is 4.10. The van der Waals surface area contributed by atoms with E-state index in [4.69, 9.17) is 0 Å². The van der Waals surface area contributed by atoms with E-state index in [2.05, 4.69) is 16.9 Å². The molecule has 0 atom stereocenters. The molecule has 6 heteroatoms. The monoisotopic (exact) mass is 333 g/mol. The van der Waals surface area contributed by atoms with Crippen molar-refractivity contribution >= 4 is 22.8 Å². The normalized spacial score (nSPS) is 12.0. The van der Waals surface area contributed by atoms with E-state index in [0.29, 0.717) is 11.3 Å². The third-order valence-corrected chi connectivity index (χ3v) is 4.60. The first-order chi connectivity index (χ1) is 10.9. The second-order valence-corrected chi connectivity index (χ2v) is 6.68. The molecular weight excluding hydrogens is 316 g/mol. The highest BCUT2D eigenvalue weighted by molar-refractivity contribution is 7.99. The number of aryl methyl sites for hydroxylation is 1. The van der Waals surface area contributed by atoms with Gasteiger partial charge in [-0.1, -0.05) is 13.0 Å². The van der Waals surface area contributed by atoms with Gasteiger partial charge >= 0.3 is 0 Å². The highest BCUT2D eigenvalue weighted by Gasteiger charge is 2.25. The van der Waals surface area contributed by atoms with Crippen LogP contribution in [-0.4, -0.2) is 20.3 Å². The van der Waals surface area contributed by atoms with Crippen molar-refractivity contribution in [3.8, 4) is 11.5 Å². The number of imidazole rings is 1. The first kappa shape index (κ1) is 15.9. The van der Waals surface area contributed by atoms with Crippen LogP contribution >= 0.6 is 11.8 Å². The number of nitrogens with zero attached hydrogens (tertiary/aromatic N) is 3. The molecule has 2 aromatic heterocycles. The first-order valence-electron chi connectivity index (χ1n) is 7.34. The second-order valence-electron chi connectivity index (χ2n) is 5.37. The highest BCUT2D eigenvalue weighted by atomic mass is 32.2. The third-order valence-electron chi connectivity index (χ3n) is 3.67. The van der Waals surface area contributed by atoms with Gasteiger partial charge in [-0.3, -0.25) is 4.98 Å². The molecule has 2 heterocycles. The number of halogens is 2. The molecule has 0 unspecified atom stereocenters. The number of benzene rings is 1. The predicted molar refractivity (Wildman–Crippen MR) is 89.9 cm³/mol. The number of fused-ring (bicyclic) bond motifs is 1. The van der Waals surface area contributed by atoms with Gasteiger partial charge in [-0.25, -0.2) is 13.8 Å². The van der Waals surface area contributed by atoms with E-state index in [1.807, 2.05) is 23.7 Å². The Labute approximate surface area is 137 Å². The molecule has 1 aromatic carbocycles. The van der Waals surface area contributed by atoms with Crippen molar-refractivity contribution in [2.45, 2.75) is 24.7 Å². The number of pyridine rings is 1. The van der Waals surface area contributed by atoms with Gasteiger partial charge in [-0.05, 0) is 30.0 Å². The van der Waals surface area contributed by atoms with Gasteiger partial charge in [-0.15, -0.1) is 11.8 Å². The fraction of sp³-hybridized carbons (Fsp3) is 0.294. The minimum Gasteiger partial charge on any atom is -0.326 e. The zero-order chi connectivity index (χ0) is 16.6. The van der Waals surface area contributed by atoms with Crippen LogP contribution in [0.15, 0.2) is 41.4 Å². The van der Waals surface area contributed by atoms with E-state index in [0.717, 1.165) is 28.8 Å². The lowest BCUT2D eigenvalue weighted by Gasteiger charge is -2.10. The van der Waals surface area contributed by atoms with Crippen LogP contribution < -0.4 is 0 Å². The Bertz CT molecular complexity index is 853. The van der Waals surface area contributed by atoms with Crippen LogP contribution in [0.3, 0.4) is 0 Å². The summed E-state index contributed by atoms with van der Waals surface area (Å²) in [6.45, 7) is 2.97. The SMILES string of the molecule is CCSc1cccnc1-c1nc2cc(C(C)(F)F)ccc2n1C. The van der Waals surface area contributed by atoms with Crippen LogP contribution in [0.25, 0.3) is 22.6 Å². The average Bonchev–Trinajstić information content (AvgIpc) is 2.84. The average molecular weight is 333 g/mol. The summed E-state index contributed by atoms with van der Waals surface area (Å²) in [5.74, 6) is -1.26. The summed E-state index contributed by atoms with van der Waals surface area (Å²) >= 11 is 1.69. The van der Waals surface area contributed by atoms with E-state index in [-0.39, 0.29) is 5.56 Å². The lowest BCUT2D eigenvalue weighted by molar-refractivity contribution is 0.0176. The molecule has 0 aliphatic carbocycles. The van der Waals surface area contributed by atoms with E-state index >= 15 is 0 Å². The summed E-state index contributed by atoms with van der Waals surface area (Å²) in [7, 11) is 1.88. The Balaban J connectivity index is 2.18. The van der Waals surface area contributed by atoms with Gasteiger partial charge in [0.25, 0.3) is 5.92 Å². The molecule has 0 fully saturated rings. The molecule has 23 heavy (non-hydrogen) atoms. The third kappa shape index (κ3) is 2.95. The van der Waals surface area contributed by atoms with Crippen LogP contribution in [0.4, 0.5) is 8.78 Å². The Morgan fingerprint density at radius 2 is 2.04 bits per heavy atom. The smallest absolute Gasteiger partial charge is 0.270 e. The molecular formula is C17H17F2N3S. The number of rotatable bonds is 4. The van der Waals surface area contributed by atoms with E-state index in [9.17, 15) is 8.78 Å². The summed E-state index contributed by atoms with van der Waals surface area (Å²) in [6.07, 6.45) is 1.72. The Morgan fingerprint density at radius 3 is 2.74 bits per heavy atom. The topological polar surface area (TPSA) is 30.7 Å². The van der Waals surface area contributed by atoms with Crippen molar-refractivity contribution in [3.05, 3.63) is 42.1 Å². The largest absolute Gasteiger partial charge is 0.326 e. The first-order valence-corrected chi connectivity index (χ1v) is 8.33.